The monoisotopic (exact) mass is 448 g/mol. The van der Waals surface area contributed by atoms with Crippen molar-refractivity contribution in [2.75, 3.05) is 7.11 Å². The smallest absolute Gasteiger partial charge is 0.344 e. The molecule has 0 aliphatic heterocycles. The van der Waals surface area contributed by atoms with Crippen LogP contribution in [0, 0.1) is 29.1 Å². The summed E-state index contributed by atoms with van der Waals surface area (Å²) in [5.74, 6) is -9.69. The fraction of sp³-hybridized carbons (Fsp3) is 0.0870. The minimum atomic E-state index is -2.25. The van der Waals surface area contributed by atoms with Gasteiger partial charge in [-0.05, 0) is 35.9 Å². The molecule has 0 N–H and O–H groups in total. The van der Waals surface area contributed by atoms with Crippen LogP contribution in [0.25, 0.3) is 22.1 Å². The molecule has 0 fully saturated rings. The van der Waals surface area contributed by atoms with Crippen molar-refractivity contribution < 1.29 is 35.8 Å². The van der Waals surface area contributed by atoms with E-state index in [1.807, 2.05) is 0 Å². The predicted octanol–water partition coefficient (Wildman–Crippen LogP) is 5.74. The number of rotatable bonds is 5. The van der Waals surface area contributed by atoms with Crippen LogP contribution < -0.4 is 15.1 Å². The van der Waals surface area contributed by atoms with Crippen molar-refractivity contribution in [2.24, 2.45) is 0 Å². The molecule has 4 aromatic rings. The van der Waals surface area contributed by atoms with Crippen LogP contribution in [-0.2, 0) is 6.61 Å². The quantitative estimate of drug-likeness (QED) is 0.169. The molecule has 0 amide bonds. The van der Waals surface area contributed by atoms with Crippen LogP contribution >= 0.6 is 0 Å². The maximum Gasteiger partial charge on any atom is 0.344 e. The molecule has 0 saturated heterocycles. The number of benzene rings is 3. The second-order valence-corrected chi connectivity index (χ2v) is 6.71. The Morgan fingerprint density at radius 3 is 2.00 bits per heavy atom. The van der Waals surface area contributed by atoms with Gasteiger partial charge < -0.3 is 13.9 Å². The second kappa shape index (κ2) is 8.33. The SMILES string of the molecule is COc1ccc(-c2cc3ccc(OCc4c(F)c(F)c(F)c(F)c4F)cc3oc2=O)cc1. The molecule has 0 spiro atoms. The number of halogens is 5. The largest absolute Gasteiger partial charge is 0.497 e. The lowest BCUT2D eigenvalue weighted by atomic mass is 10.1. The summed E-state index contributed by atoms with van der Waals surface area (Å²) in [7, 11) is 1.52. The minimum absolute atomic E-state index is 0.00166. The lowest BCUT2D eigenvalue weighted by molar-refractivity contribution is 0.279. The van der Waals surface area contributed by atoms with Gasteiger partial charge in [-0.2, -0.15) is 0 Å². The molecule has 0 aliphatic rings. The number of hydrogen-bond acceptors (Lipinski definition) is 4. The Hall–Kier alpha value is -3.88. The molecule has 4 rings (SSSR count). The van der Waals surface area contributed by atoms with E-state index in [9.17, 15) is 26.7 Å². The summed E-state index contributed by atoms with van der Waals surface area (Å²) in [6.07, 6.45) is 0. The van der Waals surface area contributed by atoms with Gasteiger partial charge in [-0.15, -0.1) is 0 Å². The highest BCUT2D eigenvalue weighted by Crippen LogP contribution is 2.28. The Kier molecular flexibility index (Phi) is 5.56. The van der Waals surface area contributed by atoms with Crippen molar-refractivity contribution in [2.45, 2.75) is 6.61 Å². The van der Waals surface area contributed by atoms with Crippen LogP contribution in [-0.4, -0.2) is 7.11 Å². The van der Waals surface area contributed by atoms with E-state index in [1.54, 1.807) is 30.3 Å². The molecule has 0 aliphatic carbocycles. The van der Waals surface area contributed by atoms with E-state index >= 15 is 0 Å². The minimum Gasteiger partial charge on any atom is -0.497 e. The van der Waals surface area contributed by atoms with Gasteiger partial charge in [0.05, 0.1) is 18.2 Å². The number of fused-ring (bicyclic) bond motifs is 1. The highest BCUT2D eigenvalue weighted by atomic mass is 19.2. The molecule has 32 heavy (non-hydrogen) atoms. The molecule has 0 radical (unpaired) electrons. The summed E-state index contributed by atoms with van der Waals surface area (Å²) in [5, 5.41) is 0.527. The molecule has 0 atom stereocenters. The molecule has 9 heteroatoms. The highest BCUT2D eigenvalue weighted by Gasteiger charge is 2.26. The van der Waals surface area contributed by atoms with Crippen LogP contribution in [0.3, 0.4) is 0 Å². The van der Waals surface area contributed by atoms with Gasteiger partial charge in [0.25, 0.3) is 0 Å². The summed E-state index contributed by atoms with van der Waals surface area (Å²) in [6.45, 7) is -0.925. The topological polar surface area (TPSA) is 48.7 Å². The van der Waals surface area contributed by atoms with Gasteiger partial charge in [-0.25, -0.2) is 26.7 Å². The third-order valence-corrected chi connectivity index (χ3v) is 4.79. The van der Waals surface area contributed by atoms with Crippen LogP contribution in [0.1, 0.15) is 5.56 Å². The lowest BCUT2D eigenvalue weighted by Gasteiger charge is -2.11. The molecular weight excluding hydrogens is 435 g/mol. The van der Waals surface area contributed by atoms with E-state index in [-0.39, 0.29) is 11.3 Å². The van der Waals surface area contributed by atoms with Gasteiger partial charge in [-0.3, -0.25) is 0 Å². The van der Waals surface area contributed by atoms with Crippen LogP contribution in [0.2, 0.25) is 0 Å². The Bertz CT molecular complexity index is 1350. The zero-order chi connectivity index (χ0) is 23.0. The van der Waals surface area contributed by atoms with E-state index in [1.165, 1.54) is 25.3 Å². The molecule has 3 aromatic carbocycles. The molecule has 0 unspecified atom stereocenters. The van der Waals surface area contributed by atoms with Gasteiger partial charge in [0.2, 0.25) is 5.82 Å². The van der Waals surface area contributed by atoms with Gasteiger partial charge in [0.15, 0.2) is 23.3 Å². The molecule has 1 aromatic heterocycles. The van der Waals surface area contributed by atoms with E-state index in [0.29, 0.717) is 22.3 Å². The summed E-state index contributed by atoms with van der Waals surface area (Å²) in [5.41, 5.74) is -0.733. The van der Waals surface area contributed by atoms with Gasteiger partial charge in [-0.1, -0.05) is 12.1 Å². The fourth-order valence-corrected chi connectivity index (χ4v) is 3.09. The van der Waals surface area contributed by atoms with E-state index < -0.39 is 46.9 Å². The van der Waals surface area contributed by atoms with Gasteiger partial charge >= 0.3 is 5.63 Å². The summed E-state index contributed by atoms with van der Waals surface area (Å²) in [6, 6.07) is 12.6. The lowest BCUT2D eigenvalue weighted by Crippen LogP contribution is -2.10. The zero-order valence-corrected chi connectivity index (χ0v) is 16.3. The standard InChI is InChI=1S/C23H13F5O4/c1-30-13-5-2-11(3-6-13)15-8-12-4-7-14(9-17(12)32-23(15)29)31-10-16-18(24)20(26)22(28)21(27)19(16)25/h2-9H,10H2,1H3. The molecule has 1 heterocycles. The maximum atomic E-state index is 13.8. The Morgan fingerprint density at radius 2 is 1.38 bits per heavy atom. The first-order valence-corrected chi connectivity index (χ1v) is 9.15. The van der Waals surface area contributed by atoms with Crippen molar-refractivity contribution in [3.05, 3.63) is 93.6 Å². The van der Waals surface area contributed by atoms with Crippen molar-refractivity contribution in [3.63, 3.8) is 0 Å². The normalized spacial score (nSPS) is 11.1. The maximum absolute atomic E-state index is 13.8. The first-order chi connectivity index (χ1) is 15.3. The van der Waals surface area contributed by atoms with E-state index in [2.05, 4.69) is 0 Å². The Labute approximate surface area is 177 Å². The molecule has 0 bridgehead atoms. The summed E-state index contributed by atoms with van der Waals surface area (Å²) >= 11 is 0. The van der Waals surface area contributed by atoms with E-state index in [4.69, 9.17) is 13.9 Å². The van der Waals surface area contributed by atoms with Crippen molar-refractivity contribution in [3.8, 4) is 22.6 Å². The molecular formula is C23H13F5O4. The first kappa shape index (κ1) is 21.4. The average Bonchev–Trinajstić information content (AvgIpc) is 2.81. The van der Waals surface area contributed by atoms with Crippen LogP contribution in [0.5, 0.6) is 11.5 Å². The Morgan fingerprint density at radius 1 is 0.781 bits per heavy atom. The zero-order valence-electron chi connectivity index (χ0n) is 16.3. The first-order valence-electron chi connectivity index (χ1n) is 9.15. The predicted molar refractivity (Wildman–Crippen MR) is 105 cm³/mol. The average molecular weight is 448 g/mol. The second-order valence-electron chi connectivity index (χ2n) is 6.71. The molecule has 4 nitrogen and oxygen atoms in total. The highest BCUT2D eigenvalue weighted by molar-refractivity contribution is 5.82. The summed E-state index contributed by atoms with van der Waals surface area (Å²) < 4.78 is 83.0. The van der Waals surface area contributed by atoms with Crippen molar-refractivity contribution >= 4 is 11.0 Å². The van der Waals surface area contributed by atoms with Gasteiger partial charge in [0, 0.05) is 11.5 Å². The number of ether oxygens (including phenoxy) is 2. The van der Waals surface area contributed by atoms with E-state index in [0.717, 1.165) is 0 Å². The van der Waals surface area contributed by atoms with Crippen molar-refractivity contribution in [1.82, 2.24) is 0 Å². The number of hydrogen-bond donors (Lipinski definition) is 0. The van der Waals surface area contributed by atoms with Crippen molar-refractivity contribution in [1.29, 1.82) is 0 Å². The Balaban J connectivity index is 1.63. The number of methoxy groups -OCH3 is 1. The molecule has 164 valence electrons. The van der Waals surface area contributed by atoms with Crippen LogP contribution in [0.15, 0.2) is 57.7 Å². The third kappa shape index (κ3) is 3.77. The third-order valence-electron chi connectivity index (χ3n) is 4.79. The molecule has 0 saturated carbocycles. The van der Waals surface area contributed by atoms with Gasteiger partial charge in [0.1, 0.15) is 23.7 Å². The summed E-state index contributed by atoms with van der Waals surface area (Å²) in [4.78, 5) is 12.4. The fourth-order valence-electron chi connectivity index (χ4n) is 3.09. The van der Waals surface area contributed by atoms with Crippen LogP contribution in [0.4, 0.5) is 22.0 Å².